The van der Waals surface area contributed by atoms with Gasteiger partial charge in [-0.25, -0.2) is 17.9 Å². The first-order chi connectivity index (χ1) is 20.0. The SMILES string of the molecule is CO[C@@H]1[C@@H](n2cc(-c3cc(F)c(F)c(F)c3)nn2)[C@@H](O)[C@@H](CO)O[C@@H]1Cc1cc([C@@]2(O)CCCN(C(C)=O)CC2)on1. The maximum absolute atomic E-state index is 13.8. The Morgan fingerprint density at radius 1 is 1.17 bits per heavy atom. The van der Waals surface area contributed by atoms with Gasteiger partial charge in [-0.05, 0) is 25.0 Å². The van der Waals surface area contributed by atoms with E-state index < -0.39 is 60.1 Å². The predicted molar refractivity (Wildman–Crippen MR) is 137 cm³/mol. The van der Waals surface area contributed by atoms with Crippen LogP contribution in [0.15, 0.2) is 28.9 Å². The third kappa shape index (κ3) is 5.79. The van der Waals surface area contributed by atoms with Gasteiger partial charge in [0.25, 0.3) is 0 Å². The van der Waals surface area contributed by atoms with E-state index in [4.69, 9.17) is 14.0 Å². The molecule has 12 nitrogen and oxygen atoms in total. The zero-order valence-corrected chi connectivity index (χ0v) is 23.0. The topological polar surface area (TPSA) is 156 Å². The molecule has 15 heteroatoms. The van der Waals surface area contributed by atoms with E-state index in [9.17, 15) is 33.3 Å². The Kier molecular flexibility index (Phi) is 8.66. The maximum atomic E-state index is 13.8. The molecule has 3 aromatic rings. The Morgan fingerprint density at radius 2 is 1.90 bits per heavy atom. The zero-order chi connectivity index (χ0) is 30.2. The summed E-state index contributed by atoms with van der Waals surface area (Å²) in [7, 11) is 1.39. The van der Waals surface area contributed by atoms with Crippen LogP contribution in [0.5, 0.6) is 0 Å². The summed E-state index contributed by atoms with van der Waals surface area (Å²) >= 11 is 0. The molecule has 42 heavy (non-hydrogen) atoms. The van der Waals surface area contributed by atoms with Crippen molar-refractivity contribution in [1.82, 2.24) is 25.1 Å². The molecule has 4 heterocycles. The molecule has 2 fully saturated rings. The normalized spacial score (nSPS) is 28.6. The highest BCUT2D eigenvalue weighted by Crippen LogP contribution is 2.36. The molecule has 3 N–H and O–H groups in total. The summed E-state index contributed by atoms with van der Waals surface area (Å²) in [5.41, 5.74) is -0.950. The van der Waals surface area contributed by atoms with Crippen LogP contribution in [0.25, 0.3) is 11.3 Å². The van der Waals surface area contributed by atoms with Gasteiger partial charge in [-0.15, -0.1) is 5.10 Å². The number of aliphatic hydroxyl groups is 3. The van der Waals surface area contributed by atoms with Gasteiger partial charge in [0.05, 0.1) is 24.6 Å². The smallest absolute Gasteiger partial charge is 0.219 e. The third-order valence-electron chi connectivity index (χ3n) is 8.02. The van der Waals surface area contributed by atoms with E-state index in [0.29, 0.717) is 31.6 Å². The van der Waals surface area contributed by atoms with Gasteiger partial charge in [0.15, 0.2) is 23.2 Å². The summed E-state index contributed by atoms with van der Waals surface area (Å²) in [4.78, 5) is 13.5. The van der Waals surface area contributed by atoms with Crippen molar-refractivity contribution in [3.05, 3.63) is 53.3 Å². The van der Waals surface area contributed by atoms with Gasteiger partial charge in [-0.3, -0.25) is 4.79 Å². The highest BCUT2D eigenvalue weighted by Gasteiger charge is 2.47. The van der Waals surface area contributed by atoms with E-state index in [0.717, 1.165) is 12.1 Å². The molecule has 0 saturated carbocycles. The van der Waals surface area contributed by atoms with Crippen LogP contribution < -0.4 is 0 Å². The summed E-state index contributed by atoms with van der Waals surface area (Å²) < 4.78 is 59.5. The second kappa shape index (κ2) is 12.1. The number of ether oxygens (including phenoxy) is 2. The minimum absolute atomic E-state index is 0.0135. The Hall–Kier alpha value is -3.37. The first-order valence-corrected chi connectivity index (χ1v) is 13.5. The minimum atomic E-state index is -1.61. The molecular weight excluding hydrogens is 563 g/mol. The van der Waals surface area contributed by atoms with E-state index in [1.54, 1.807) is 11.0 Å². The van der Waals surface area contributed by atoms with E-state index in [1.165, 1.54) is 24.9 Å². The predicted octanol–water partition coefficient (Wildman–Crippen LogP) is 1.49. The number of benzene rings is 1. The number of aliphatic hydroxyl groups excluding tert-OH is 2. The molecule has 2 aliphatic rings. The van der Waals surface area contributed by atoms with Crippen LogP contribution in [0, 0.1) is 17.5 Å². The van der Waals surface area contributed by atoms with Gasteiger partial charge >= 0.3 is 0 Å². The van der Waals surface area contributed by atoms with Crippen LogP contribution in [0.2, 0.25) is 0 Å². The second-order valence-electron chi connectivity index (χ2n) is 10.7. The molecule has 5 rings (SSSR count). The third-order valence-corrected chi connectivity index (χ3v) is 8.02. The Labute approximate surface area is 238 Å². The average Bonchev–Trinajstić information content (AvgIpc) is 3.59. The number of rotatable bonds is 7. The Bertz CT molecular complexity index is 1400. The average molecular weight is 596 g/mol. The van der Waals surface area contributed by atoms with Crippen LogP contribution in [-0.2, 0) is 26.3 Å². The zero-order valence-electron chi connectivity index (χ0n) is 23.0. The van der Waals surface area contributed by atoms with Gasteiger partial charge in [0.1, 0.15) is 35.6 Å². The lowest BCUT2D eigenvalue weighted by Crippen LogP contribution is -2.57. The van der Waals surface area contributed by atoms with E-state index in [-0.39, 0.29) is 35.8 Å². The summed E-state index contributed by atoms with van der Waals surface area (Å²) in [5, 5.41) is 44.4. The molecule has 2 saturated heterocycles. The van der Waals surface area contributed by atoms with Gasteiger partial charge in [-0.1, -0.05) is 10.4 Å². The lowest BCUT2D eigenvalue weighted by molar-refractivity contribution is -0.212. The van der Waals surface area contributed by atoms with E-state index in [2.05, 4.69) is 15.5 Å². The molecule has 0 spiro atoms. The Morgan fingerprint density at radius 3 is 2.57 bits per heavy atom. The van der Waals surface area contributed by atoms with E-state index in [1.807, 2.05) is 0 Å². The van der Waals surface area contributed by atoms with Crippen LogP contribution in [0.4, 0.5) is 13.2 Å². The number of carbonyl (C=O) groups is 1. The number of halogens is 3. The first kappa shape index (κ1) is 30.1. The summed E-state index contributed by atoms with van der Waals surface area (Å²) in [6.45, 7) is 1.84. The van der Waals surface area contributed by atoms with E-state index >= 15 is 0 Å². The minimum Gasteiger partial charge on any atom is -0.394 e. The maximum Gasteiger partial charge on any atom is 0.219 e. The molecule has 0 aliphatic carbocycles. The number of likely N-dealkylation sites (tertiary alicyclic amines) is 1. The van der Waals surface area contributed by atoms with Crippen LogP contribution in [-0.4, -0.2) is 97.5 Å². The second-order valence-corrected chi connectivity index (χ2v) is 10.7. The van der Waals surface area contributed by atoms with Gasteiger partial charge in [0, 0.05) is 51.6 Å². The highest BCUT2D eigenvalue weighted by molar-refractivity contribution is 5.73. The van der Waals surface area contributed by atoms with Crippen molar-refractivity contribution in [2.24, 2.45) is 0 Å². The summed E-state index contributed by atoms with van der Waals surface area (Å²) in [5.74, 6) is -4.21. The fraction of sp³-hybridized carbons (Fsp3) is 0.556. The molecule has 1 aromatic carbocycles. The van der Waals surface area contributed by atoms with Crippen molar-refractivity contribution in [3.8, 4) is 11.3 Å². The molecule has 0 unspecified atom stereocenters. The molecule has 0 radical (unpaired) electrons. The standard InChI is InChI=1S/C27H32F3N5O7/c1-14(37)34-6-3-4-27(39,5-7-34)22-11-16(32-42-22)10-20-26(40-2)24(25(38)21(13-36)41-20)35-12-19(31-33-35)15-8-17(28)23(30)18(29)9-15/h8-9,11-12,20-21,24-26,36,38-39H,3-7,10,13H2,1-2H3/t20-,21-,24+,25+,26+,27-/m1/s1. The molecule has 0 bridgehead atoms. The lowest BCUT2D eigenvalue weighted by Gasteiger charge is -2.43. The number of methoxy groups -OCH3 is 1. The number of amides is 1. The molecule has 228 valence electrons. The van der Waals surface area contributed by atoms with Crippen molar-refractivity contribution in [3.63, 3.8) is 0 Å². The van der Waals surface area contributed by atoms with Crippen molar-refractivity contribution >= 4 is 5.91 Å². The number of hydrogen-bond donors (Lipinski definition) is 3. The quantitative estimate of drug-likeness (QED) is 0.342. The number of nitrogens with zero attached hydrogens (tertiary/aromatic N) is 5. The monoisotopic (exact) mass is 595 g/mol. The number of carbonyl (C=O) groups excluding carboxylic acids is 1. The largest absolute Gasteiger partial charge is 0.394 e. The van der Waals surface area contributed by atoms with Crippen LogP contribution in [0.3, 0.4) is 0 Å². The van der Waals surface area contributed by atoms with Crippen molar-refractivity contribution in [2.45, 2.75) is 68.7 Å². The van der Waals surface area contributed by atoms with Gasteiger partial charge in [0.2, 0.25) is 5.91 Å². The van der Waals surface area contributed by atoms with Gasteiger partial charge in [-0.2, -0.15) is 0 Å². The highest BCUT2D eigenvalue weighted by atomic mass is 19.2. The Balaban J connectivity index is 1.38. The molecule has 2 aliphatic heterocycles. The number of aromatic nitrogens is 4. The summed E-state index contributed by atoms with van der Waals surface area (Å²) in [6, 6.07) is 2.21. The fourth-order valence-corrected chi connectivity index (χ4v) is 5.70. The molecular formula is C27H32F3N5O7. The number of hydrogen-bond acceptors (Lipinski definition) is 10. The first-order valence-electron chi connectivity index (χ1n) is 13.5. The van der Waals surface area contributed by atoms with Crippen molar-refractivity contribution in [2.75, 3.05) is 26.8 Å². The van der Waals surface area contributed by atoms with Crippen LogP contribution in [0.1, 0.15) is 43.7 Å². The van der Waals surface area contributed by atoms with Crippen molar-refractivity contribution in [1.29, 1.82) is 0 Å². The molecule has 2 aromatic heterocycles. The van der Waals surface area contributed by atoms with Gasteiger partial charge < -0.3 is 34.2 Å². The van der Waals surface area contributed by atoms with Crippen LogP contribution >= 0.6 is 0 Å². The molecule has 6 atom stereocenters. The fourth-order valence-electron chi connectivity index (χ4n) is 5.70. The van der Waals surface area contributed by atoms with Crippen molar-refractivity contribution < 1.29 is 47.3 Å². The summed E-state index contributed by atoms with van der Waals surface area (Å²) in [6.07, 6.45) is -1.38. The lowest BCUT2D eigenvalue weighted by atomic mass is 9.89. The molecule has 1 amide bonds.